The number of ether oxygens (including phenoxy) is 1. The summed E-state index contributed by atoms with van der Waals surface area (Å²) in [5.74, 6) is -0.714. The van der Waals surface area contributed by atoms with Gasteiger partial charge in [0.2, 0.25) is 0 Å². The van der Waals surface area contributed by atoms with E-state index in [2.05, 4.69) is 10.6 Å². The number of nitrogens with one attached hydrogen (secondary N) is 2. The number of carbonyl (C=O) groups is 3. The van der Waals surface area contributed by atoms with Crippen LogP contribution in [-0.4, -0.2) is 17.8 Å². The Morgan fingerprint density at radius 2 is 1.60 bits per heavy atom. The molecule has 4 N–H and O–H groups in total. The number of hydrogen-bond acceptors (Lipinski definition) is 5. The Bertz CT molecular complexity index is 1080. The topological polar surface area (TPSA) is 111 Å². The van der Waals surface area contributed by atoms with Gasteiger partial charge >= 0.3 is 5.97 Å². The van der Waals surface area contributed by atoms with Gasteiger partial charge < -0.3 is 21.1 Å². The van der Waals surface area contributed by atoms with Crippen LogP contribution in [0.2, 0.25) is 0 Å². The van der Waals surface area contributed by atoms with Gasteiger partial charge in [-0.25, -0.2) is 0 Å². The largest absolute Gasteiger partial charge is 0.427 e. The van der Waals surface area contributed by atoms with Gasteiger partial charge in [-0.1, -0.05) is 18.2 Å². The molecular formula is C23H21N3O4. The van der Waals surface area contributed by atoms with Crippen LogP contribution in [0.4, 0.5) is 11.4 Å². The predicted molar refractivity (Wildman–Crippen MR) is 114 cm³/mol. The first-order valence-electron chi connectivity index (χ1n) is 9.23. The number of benzene rings is 3. The van der Waals surface area contributed by atoms with Crippen molar-refractivity contribution in [1.29, 1.82) is 0 Å². The van der Waals surface area contributed by atoms with Crippen molar-refractivity contribution in [2.24, 2.45) is 0 Å². The first-order chi connectivity index (χ1) is 14.4. The number of nitrogens with two attached hydrogens (primary N) is 1. The maximum absolute atomic E-state index is 12.5. The maximum Gasteiger partial charge on any atom is 0.308 e. The van der Waals surface area contributed by atoms with Crippen molar-refractivity contribution in [3.63, 3.8) is 0 Å². The molecule has 0 aromatic heterocycles. The number of esters is 1. The average molecular weight is 403 g/mol. The third-order valence-electron chi connectivity index (χ3n) is 4.17. The van der Waals surface area contributed by atoms with E-state index in [1.807, 2.05) is 6.07 Å². The minimum absolute atomic E-state index is 0.216. The second kappa shape index (κ2) is 9.38. The standard InChI is InChI=1S/C23H21N3O4/c1-15(27)30-21-7-3-5-18(13-21)23(29)26-20-6-2-4-16(12-20)14-25-22(28)17-8-10-19(24)11-9-17/h2-13H,14,24H2,1H3,(H,25,28)(H,26,29). The summed E-state index contributed by atoms with van der Waals surface area (Å²) in [7, 11) is 0. The van der Waals surface area contributed by atoms with Gasteiger partial charge in [0.25, 0.3) is 11.8 Å². The Kier molecular flexibility index (Phi) is 6.44. The lowest BCUT2D eigenvalue weighted by Gasteiger charge is -2.10. The highest BCUT2D eigenvalue weighted by atomic mass is 16.5. The summed E-state index contributed by atoms with van der Waals surface area (Å²) in [5.41, 5.74) is 8.50. The quantitative estimate of drug-likeness (QED) is 0.332. The molecule has 3 rings (SSSR count). The molecule has 2 amide bonds. The van der Waals surface area contributed by atoms with E-state index in [1.165, 1.54) is 13.0 Å². The smallest absolute Gasteiger partial charge is 0.308 e. The summed E-state index contributed by atoms with van der Waals surface area (Å²) < 4.78 is 5.01. The van der Waals surface area contributed by atoms with Crippen molar-refractivity contribution in [1.82, 2.24) is 5.32 Å². The maximum atomic E-state index is 12.5. The van der Waals surface area contributed by atoms with Gasteiger partial charge in [0, 0.05) is 36.0 Å². The molecule has 0 atom stereocenters. The molecule has 7 heteroatoms. The van der Waals surface area contributed by atoms with Crippen molar-refractivity contribution < 1.29 is 19.1 Å². The van der Waals surface area contributed by atoms with Crippen molar-refractivity contribution in [3.05, 3.63) is 89.5 Å². The van der Waals surface area contributed by atoms with Crippen LogP contribution in [0.5, 0.6) is 5.75 Å². The van der Waals surface area contributed by atoms with Gasteiger partial charge in [0.1, 0.15) is 5.75 Å². The molecule has 0 heterocycles. The molecule has 0 fully saturated rings. The van der Waals surface area contributed by atoms with Crippen molar-refractivity contribution >= 4 is 29.2 Å². The van der Waals surface area contributed by atoms with Crippen molar-refractivity contribution in [3.8, 4) is 5.75 Å². The lowest BCUT2D eigenvalue weighted by molar-refractivity contribution is -0.131. The Morgan fingerprint density at radius 3 is 2.33 bits per heavy atom. The molecule has 0 aliphatic carbocycles. The predicted octanol–water partition coefficient (Wildman–Crippen LogP) is 3.38. The van der Waals surface area contributed by atoms with Crippen LogP contribution in [0.15, 0.2) is 72.8 Å². The number of nitrogen functional groups attached to an aromatic ring is 1. The molecule has 0 radical (unpaired) electrons. The molecule has 0 spiro atoms. The van der Waals surface area contributed by atoms with Gasteiger partial charge in [0.15, 0.2) is 0 Å². The Morgan fingerprint density at radius 1 is 0.867 bits per heavy atom. The Balaban J connectivity index is 1.62. The lowest BCUT2D eigenvalue weighted by Crippen LogP contribution is -2.22. The third-order valence-corrected chi connectivity index (χ3v) is 4.17. The molecule has 152 valence electrons. The number of amides is 2. The highest BCUT2D eigenvalue weighted by molar-refractivity contribution is 6.04. The summed E-state index contributed by atoms with van der Waals surface area (Å²) >= 11 is 0. The Labute approximate surface area is 173 Å². The van der Waals surface area contributed by atoms with Crippen molar-refractivity contribution in [2.75, 3.05) is 11.1 Å². The van der Waals surface area contributed by atoms with Crippen LogP contribution >= 0.6 is 0 Å². The van der Waals surface area contributed by atoms with E-state index in [9.17, 15) is 14.4 Å². The number of rotatable bonds is 6. The van der Waals surface area contributed by atoms with Gasteiger partial charge in [-0.2, -0.15) is 0 Å². The molecule has 3 aromatic rings. The monoisotopic (exact) mass is 403 g/mol. The van der Waals surface area contributed by atoms with E-state index in [0.717, 1.165) is 5.56 Å². The SMILES string of the molecule is CC(=O)Oc1cccc(C(=O)Nc2cccc(CNC(=O)c3ccc(N)cc3)c2)c1. The zero-order valence-electron chi connectivity index (χ0n) is 16.3. The molecule has 0 saturated carbocycles. The molecule has 3 aromatic carbocycles. The van der Waals surface area contributed by atoms with E-state index in [1.54, 1.807) is 60.7 Å². The fourth-order valence-corrected chi connectivity index (χ4v) is 2.75. The number of anilines is 2. The summed E-state index contributed by atoms with van der Waals surface area (Å²) in [4.78, 5) is 35.8. The fraction of sp³-hybridized carbons (Fsp3) is 0.0870. The van der Waals surface area contributed by atoms with Gasteiger partial charge in [0.05, 0.1) is 0 Å². The number of carbonyl (C=O) groups excluding carboxylic acids is 3. The van der Waals surface area contributed by atoms with Crippen LogP contribution in [0.1, 0.15) is 33.2 Å². The summed E-state index contributed by atoms with van der Waals surface area (Å²) in [6.07, 6.45) is 0. The molecule has 0 saturated heterocycles. The molecule has 7 nitrogen and oxygen atoms in total. The third kappa shape index (κ3) is 5.68. The van der Waals surface area contributed by atoms with E-state index in [4.69, 9.17) is 10.5 Å². The van der Waals surface area contributed by atoms with Crippen LogP contribution < -0.4 is 21.1 Å². The van der Waals surface area contributed by atoms with E-state index < -0.39 is 5.97 Å². The van der Waals surface area contributed by atoms with E-state index in [0.29, 0.717) is 34.8 Å². The van der Waals surface area contributed by atoms with Crippen LogP contribution in [0, 0.1) is 0 Å². The van der Waals surface area contributed by atoms with Gasteiger partial charge in [-0.3, -0.25) is 14.4 Å². The molecule has 0 aliphatic heterocycles. The van der Waals surface area contributed by atoms with Crippen LogP contribution in [0.3, 0.4) is 0 Å². The lowest BCUT2D eigenvalue weighted by atomic mass is 10.1. The summed E-state index contributed by atoms with van der Waals surface area (Å²) in [5, 5.41) is 5.63. The summed E-state index contributed by atoms with van der Waals surface area (Å²) in [6, 6.07) is 20.2. The van der Waals surface area contributed by atoms with Crippen LogP contribution in [0.25, 0.3) is 0 Å². The van der Waals surface area contributed by atoms with E-state index >= 15 is 0 Å². The minimum Gasteiger partial charge on any atom is -0.427 e. The second-order valence-electron chi connectivity index (χ2n) is 6.58. The highest BCUT2D eigenvalue weighted by Gasteiger charge is 2.09. The molecule has 0 aliphatic rings. The molecule has 0 bridgehead atoms. The number of hydrogen-bond donors (Lipinski definition) is 3. The average Bonchev–Trinajstić information content (AvgIpc) is 2.72. The zero-order chi connectivity index (χ0) is 21.5. The van der Waals surface area contributed by atoms with Gasteiger partial charge in [-0.05, 0) is 60.2 Å². The molecular weight excluding hydrogens is 382 g/mol. The summed E-state index contributed by atoms with van der Waals surface area (Å²) in [6.45, 7) is 1.60. The molecule has 0 unspecified atom stereocenters. The fourth-order valence-electron chi connectivity index (χ4n) is 2.75. The molecule has 30 heavy (non-hydrogen) atoms. The van der Waals surface area contributed by atoms with Crippen molar-refractivity contribution in [2.45, 2.75) is 13.5 Å². The first kappa shape index (κ1) is 20.6. The normalized spacial score (nSPS) is 10.2. The first-order valence-corrected chi connectivity index (χ1v) is 9.23. The minimum atomic E-state index is -0.457. The van der Waals surface area contributed by atoms with Gasteiger partial charge in [-0.15, -0.1) is 0 Å². The highest BCUT2D eigenvalue weighted by Crippen LogP contribution is 2.17. The van der Waals surface area contributed by atoms with Crippen LogP contribution in [-0.2, 0) is 11.3 Å². The van der Waals surface area contributed by atoms with E-state index in [-0.39, 0.29) is 11.8 Å². The Hall–Kier alpha value is -4.13. The second-order valence-corrected chi connectivity index (χ2v) is 6.58. The zero-order valence-corrected chi connectivity index (χ0v) is 16.3.